The van der Waals surface area contributed by atoms with Gasteiger partial charge in [-0.15, -0.1) is 0 Å². The normalized spacial score (nSPS) is 23.1. The Hall–Kier alpha value is -3.73. The summed E-state index contributed by atoms with van der Waals surface area (Å²) >= 11 is 0. The van der Waals surface area contributed by atoms with Crippen molar-refractivity contribution in [2.75, 3.05) is 30.3 Å². The van der Waals surface area contributed by atoms with Crippen molar-refractivity contribution in [1.82, 2.24) is 14.7 Å². The van der Waals surface area contributed by atoms with E-state index in [0.717, 1.165) is 19.5 Å². The van der Waals surface area contributed by atoms with E-state index < -0.39 is 21.7 Å². The van der Waals surface area contributed by atoms with Crippen molar-refractivity contribution in [1.29, 1.82) is 0 Å². The fourth-order valence-electron chi connectivity index (χ4n) is 5.96. The van der Waals surface area contributed by atoms with E-state index in [-0.39, 0.29) is 32.0 Å². The highest BCUT2D eigenvalue weighted by Gasteiger charge is 2.71. The smallest absolute Gasteiger partial charge is 0.281 e. The summed E-state index contributed by atoms with van der Waals surface area (Å²) in [6, 6.07) is 11.7. The van der Waals surface area contributed by atoms with Crippen molar-refractivity contribution in [3.8, 4) is 17.0 Å². The largest absolute Gasteiger partial charge is 0.493 e. The minimum Gasteiger partial charge on any atom is -0.493 e. The number of nitrogens with two attached hydrogens (primary N) is 1. The number of carbonyl (C=O) groups is 1. The molecule has 3 aromatic rings. The number of nitrogens with zero attached hydrogens (tertiary/aromatic N) is 3. The number of nitrogen functional groups attached to an aromatic ring is 1. The molecule has 1 spiro atoms. The molecule has 210 valence electrons. The summed E-state index contributed by atoms with van der Waals surface area (Å²) in [5.41, 5.74) is 7.00. The Balaban J connectivity index is 0.00000161. The van der Waals surface area contributed by atoms with Crippen LogP contribution < -0.4 is 20.1 Å². The predicted molar refractivity (Wildman–Crippen MR) is 150 cm³/mol. The third kappa shape index (κ3) is 4.69. The van der Waals surface area contributed by atoms with Gasteiger partial charge in [0.15, 0.2) is 5.03 Å². The van der Waals surface area contributed by atoms with Gasteiger partial charge >= 0.3 is 0 Å². The maximum atomic E-state index is 14.5. The SMILES string of the molecule is CC(C)COc1cc(F)cc(-c2ccc(C(=O)NS(=O)(=O)c3cccc(N)n3)c(N3CC4CC5CC45C3)n2)c1.[HH].[HH].[HH]. The molecule has 2 aliphatic carbocycles. The number of benzene rings is 1. The number of nitrogens with one attached hydrogen (secondary N) is 1. The number of halogens is 1. The topological polar surface area (TPSA) is 128 Å². The Morgan fingerprint density at radius 1 is 1.23 bits per heavy atom. The molecular weight excluding hydrogens is 521 g/mol. The van der Waals surface area contributed by atoms with Crippen molar-refractivity contribution < 1.29 is 26.6 Å². The van der Waals surface area contributed by atoms with Crippen LogP contribution in [0, 0.1) is 29.0 Å². The van der Waals surface area contributed by atoms with E-state index in [1.807, 2.05) is 13.8 Å². The average Bonchev–Trinajstić information content (AvgIpc) is 3.33. The van der Waals surface area contributed by atoms with Gasteiger partial charge in [-0.25, -0.2) is 19.1 Å². The van der Waals surface area contributed by atoms with Crippen LogP contribution in [0.25, 0.3) is 11.3 Å². The standard InChI is InChI=1S/C28H30FN5O4S.3H2/c1-16(2)14-38-21-9-17(8-20(29)11-21)23-7-6-22(26(31-23)34-13-19-10-18-12-28(18,19)15-34)27(35)33-39(36,37)25-5-3-4-24(30)32-25;;;/h3-9,11,16,18-19H,10,12-15H2,1-2H3,(H2,30,32)(H,33,35);3*1H. The Bertz CT molecular complexity index is 1590. The molecule has 0 radical (unpaired) electrons. The molecule has 2 saturated carbocycles. The number of ether oxygens (including phenoxy) is 1. The van der Waals surface area contributed by atoms with E-state index in [4.69, 9.17) is 15.5 Å². The number of amides is 1. The molecule has 1 amide bonds. The first-order chi connectivity index (χ1) is 18.5. The summed E-state index contributed by atoms with van der Waals surface area (Å²) < 4.78 is 48.2. The third-order valence-electron chi connectivity index (χ3n) is 8.00. The monoisotopic (exact) mass is 557 g/mol. The lowest BCUT2D eigenvalue weighted by Crippen LogP contribution is -2.33. The molecule has 1 saturated heterocycles. The molecule has 0 bridgehead atoms. The van der Waals surface area contributed by atoms with Crippen LogP contribution in [0.4, 0.5) is 16.0 Å². The van der Waals surface area contributed by atoms with Gasteiger partial charge in [0.25, 0.3) is 15.9 Å². The number of hydrogen-bond acceptors (Lipinski definition) is 8. The number of hydrogen-bond donors (Lipinski definition) is 2. The highest BCUT2D eigenvalue weighted by atomic mass is 32.2. The minimum absolute atomic E-state index is 0. The molecule has 2 aromatic heterocycles. The number of sulfonamides is 1. The van der Waals surface area contributed by atoms with Crippen molar-refractivity contribution in [3.63, 3.8) is 0 Å². The molecule has 3 fully saturated rings. The van der Waals surface area contributed by atoms with Crippen LogP contribution in [-0.4, -0.2) is 44.0 Å². The molecule has 11 heteroatoms. The zero-order valence-electron chi connectivity index (χ0n) is 21.7. The van der Waals surface area contributed by atoms with Crippen LogP contribution in [0.15, 0.2) is 53.6 Å². The van der Waals surface area contributed by atoms with E-state index in [1.54, 1.807) is 12.1 Å². The highest BCUT2D eigenvalue weighted by molar-refractivity contribution is 7.90. The molecule has 9 nitrogen and oxygen atoms in total. The number of carbonyl (C=O) groups excluding carboxylic acids is 1. The van der Waals surface area contributed by atoms with Crippen LogP contribution in [0.3, 0.4) is 0 Å². The van der Waals surface area contributed by atoms with Gasteiger partial charge in [0.2, 0.25) is 0 Å². The summed E-state index contributed by atoms with van der Waals surface area (Å²) in [5, 5.41) is -0.352. The van der Waals surface area contributed by atoms with E-state index in [2.05, 4.69) is 14.6 Å². The lowest BCUT2D eigenvalue weighted by molar-refractivity contribution is 0.0981. The lowest BCUT2D eigenvalue weighted by Gasteiger charge is -2.27. The summed E-state index contributed by atoms with van der Waals surface area (Å²) in [5.74, 6) is 1.03. The number of anilines is 2. The molecule has 1 aromatic carbocycles. The zero-order valence-corrected chi connectivity index (χ0v) is 22.5. The Morgan fingerprint density at radius 3 is 2.74 bits per heavy atom. The van der Waals surface area contributed by atoms with Gasteiger partial charge in [0.1, 0.15) is 23.2 Å². The van der Waals surface area contributed by atoms with Gasteiger partial charge in [-0.05, 0) is 72.4 Å². The van der Waals surface area contributed by atoms with Gasteiger partial charge in [-0.1, -0.05) is 19.9 Å². The summed E-state index contributed by atoms with van der Waals surface area (Å²) in [4.78, 5) is 24.1. The van der Waals surface area contributed by atoms with Gasteiger partial charge in [0.05, 0.1) is 17.9 Å². The van der Waals surface area contributed by atoms with Crippen molar-refractivity contribution in [3.05, 3.63) is 59.9 Å². The van der Waals surface area contributed by atoms with E-state index in [9.17, 15) is 17.6 Å². The molecule has 3 heterocycles. The first-order valence-corrected chi connectivity index (χ1v) is 14.5. The summed E-state index contributed by atoms with van der Waals surface area (Å²) in [6.45, 7) is 5.95. The molecule has 3 aliphatic rings. The first kappa shape index (κ1) is 25.5. The first-order valence-electron chi connectivity index (χ1n) is 13.0. The molecule has 3 atom stereocenters. The van der Waals surface area contributed by atoms with Gasteiger partial charge in [-0.2, -0.15) is 8.42 Å². The number of pyridine rings is 2. The molecule has 39 heavy (non-hydrogen) atoms. The number of rotatable bonds is 8. The van der Waals surface area contributed by atoms with Crippen LogP contribution in [0.5, 0.6) is 5.75 Å². The van der Waals surface area contributed by atoms with Crippen molar-refractivity contribution in [2.24, 2.45) is 23.2 Å². The van der Waals surface area contributed by atoms with Crippen molar-refractivity contribution in [2.45, 2.75) is 31.7 Å². The second kappa shape index (κ2) is 9.18. The van der Waals surface area contributed by atoms with Gasteiger partial charge in [0, 0.05) is 29.0 Å². The van der Waals surface area contributed by atoms with Crippen LogP contribution in [-0.2, 0) is 10.0 Å². The third-order valence-corrected chi connectivity index (χ3v) is 9.24. The maximum absolute atomic E-state index is 14.5. The predicted octanol–water partition coefficient (Wildman–Crippen LogP) is 4.60. The second-order valence-electron chi connectivity index (χ2n) is 11.2. The Labute approximate surface area is 231 Å². The van der Waals surface area contributed by atoms with Crippen LogP contribution in [0.1, 0.15) is 41.3 Å². The fraction of sp³-hybridized carbons (Fsp3) is 0.393. The molecule has 1 aliphatic heterocycles. The Kier molecular flexibility index (Phi) is 6.01. The maximum Gasteiger partial charge on any atom is 0.281 e. The quantitative estimate of drug-likeness (QED) is 0.411. The molecule has 3 N–H and O–H groups in total. The average molecular weight is 558 g/mol. The van der Waals surface area contributed by atoms with Crippen molar-refractivity contribution >= 4 is 27.6 Å². The van der Waals surface area contributed by atoms with Crippen LogP contribution in [0.2, 0.25) is 0 Å². The summed E-state index contributed by atoms with van der Waals surface area (Å²) in [6.07, 6.45) is 2.33. The second-order valence-corrected chi connectivity index (χ2v) is 12.9. The van der Waals surface area contributed by atoms with Crippen LogP contribution >= 0.6 is 0 Å². The number of aromatic nitrogens is 2. The van der Waals surface area contributed by atoms with Gasteiger partial charge in [-0.3, -0.25) is 4.79 Å². The molecule has 3 unspecified atom stereocenters. The Morgan fingerprint density at radius 2 is 2.05 bits per heavy atom. The van der Waals surface area contributed by atoms with E-state index in [1.165, 1.54) is 42.8 Å². The van der Waals surface area contributed by atoms with Gasteiger partial charge < -0.3 is 15.4 Å². The zero-order chi connectivity index (χ0) is 27.5. The lowest BCUT2D eigenvalue weighted by atomic mass is 9.76. The summed E-state index contributed by atoms with van der Waals surface area (Å²) in [7, 11) is -4.27. The highest BCUT2D eigenvalue weighted by Crippen LogP contribution is 2.73. The minimum atomic E-state index is -4.27. The molecular formula is C28H36FN5O4S. The van der Waals surface area contributed by atoms with E-state index in [0.29, 0.717) is 41.3 Å². The molecule has 6 rings (SSSR count). The fourth-order valence-corrected chi connectivity index (χ4v) is 6.90. The van der Waals surface area contributed by atoms with E-state index >= 15 is 0 Å².